The van der Waals surface area contributed by atoms with E-state index in [1.54, 1.807) is 0 Å². The van der Waals surface area contributed by atoms with Gasteiger partial charge < -0.3 is 10.0 Å². The molecule has 1 rings (SSSR count). The van der Waals surface area contributed by atoms with E-state index in [2.05, 4.69) is 18.7 Å². The van der Waals surface area contributed by atoms with Gasteiger partial charge in [-0.3, -0.25) is 9.69 Å². The smallest absolute Gasteiger partial charge is 0.222 e. The second-order valence-corrected chi connectivity index (χ2v) is 5.64. The third-order valence-electron chi connectivity index (χ3n) is 4.05. The van der Waals surface area contributed by atoms with Gasteiger partial charge in [0.1, 0.15) is 0 Å². The molecule has 106 valence electrons. The Morgan fingerprint density at radius 2 is 1.89 bits per heavy atom. The van der Waals surface area contributed by atoms with Gasteiger partial charge in [-0.2, -0.15) is 0 Å². The Balaban J connectivity index is 2.16. The number of rotatable bonds is 7. The quantitative estimate of drug-likeness (QED) is 0.747. The molecule has 0 saturated carbocycles. The number of nitrogens with zero attached hydrogens (tertiary/aromatic N) is 2. The molecule has 0 aromatic carbocycles. The summed E-state index contributed by atoms with van der Waals surface area (Å²) in [5, 5.41) is 10.1. The van der Waals surface area contributed by atoms with Crippen molar-refractivity contribution in [2.24, 2.45) is 5.92 Å². The molecular weight excluding hydrogens is 228 g/mol. The van der Waals surface area contributed by atoms with Crippen molar-refractivity contribution >= 4 is 5.91 Å². The maximum Gasteiger partial charge on any atom is 0.222 e. The van der Waals surface area contributed by atoms with Gasteiger partial charge in [-0.25, -0.2) is 0 Å². The lowest BCUT2D eigenvalue weighted by Crippen LogP contribution is -2.64. The first-order valence-electron chi connectivity index (χ1n) is 7.15. The number of β-amino-alcohol motifs (C(OH)–C–C–N with tert-alkyl or cyclic N) is 1. The Hall–Kier alpha value is -0.610. The minimum Gasteiger partial charge on any atom is -0.387 e. The van der Waals surface area contributed by atoms with Crippen LogP contribution in [0.1, 0.15) is 40.5 Å². The molecule has 1 amide bonds. The largest absolute Gasteiger partial charge is 0.387 e. The monoisotopic (exact) mass is 256 g/mol. The number of amides is 1. The molecule has 18 heavy (non-hydrogen) atoms. The molecule has 0 spiro atoms. The van der Waals surface area contributed by atoms with E-state index in [9.17, 15) is 9.90 Å². The van der Waals surface area contributed by atoms with Crippen LogP contribution >= 0.6 is 0 Å². The molecular formula is C14H28N2O2. The minimum absolute atomic E-state index is 0.250. The van der Waals surface area contributed by atoms with Gasteiger partial charge in [0.2, 0.25) is 5.91 Å². The van der Waals surface area contributed by atoms with Crippen molar-refractivity contribution in [3.05, 3.63) is 0 Å². The van der Waals surface area contributed by atoms with Gasteiger partial charge in [0.25, 0.3) is 0 Å². The zero-order chi connectivity index (χ0) is 13.8. The summed E-state index contributed by atoms with van der Waals surface area (Å²) in [4.78, 5) is 15.9. The second kappa shape index (κ2) is 6.53. The zero-order valence-electron chi connectivity index (χ0n) is 12.3. The van der Waals surface area contributed by atoms with Gasteiger partial charge in [0, 0.05) is 32.6 Å². The molecule has 0 aromatic heterocycles. The molecule has 0 radical (unpaired) electrons. The molecule has 4 nitrogen and oxygen atoms in total. The van der Waals surface area contributed by atoms with Crippen LogP contribution in [0, 0.1) is 5.92 Å². The third kappa shape index (κ3) is 3.69. The predicted molar refractivity (Wildman–Crippen MR) is 73.4 cm³/mol. The first-order chi connectivity index (χ1) is 8.42. The zero-order valence-corrected chi connectivity index (χ0v) is 12.3. The number of likely N-dealkylation sites (tertiary alicyclic amines) is 1. The molecule has 0 bridgehead atoms. The van der Waals surface area contributed by atoms with E-state index in [4.69, 9.17) is 0 Å². The summed E-state index contributed by atoms with van der Waals surface area (Å²) in [7, 11) is 0. The highest BCUT2D eigenvalue weighted by Crippen LogP contribution is 2.28. The summed E-state index contributed by atoms with van der Waals surface area (Å²) >= 11 is 0. The highest BCUT2D eigenvalue weighted by Gasteiger charge is 2.42. The number of carbonyl (C=O) groups excluding carboxylic acids is 1. The number of hydrogen-bond donors (Lipinski definition) is 1. The Bertz CT molecular complexity index is 269. The van der Waals surface area contributed by atoms with Crippen molar-refractivity contribution in [2.75, 3.05) is 32.7 Å². The number of carbonyl (C=O) groups is 1. The molecule has 1 N–H and O–H groups in total. The van der Waals surface area contributed by atoms with E-state index >= 15 is 0 Å². The summed E-state index contributed by atoms with van der Waals surface area (Å²) < 4.78 is 0. The minimum atomic E-state index is -0.497. The van der Waals surface area contributed by atoms with E-state index in [0.717, 1.165) is 39.1 Å². The van der Waals surface area contributed by atoms with Gasteiger partial charge in [-0.15, -0.1) is 0 Å². The second-order valence-electron chi connectivity index (χ2n) is 5.64. The summed E-state index contributed by atoms with van der Waals surface area (Å²) in [5.74, 6) is 0.561. The van der Waals surface area contributed by atoms with Crippen LogP contribution in [0.2, 0.25) is 0 Å². The van der Waals surface area contributed by atoms with Crippen molar-refractivity contribution in [1.29, 1.82) is 0 Å². The van der Waals surface area contributed by atoms with E-state index in [1.165, 1.54) is 0 Å². The summed E-state index contributed by atoms with van der Waals surface area (Å²) in [6, 6.07) is 0. The maximum atomic E-state index is 11.8. The number of aliphatic hydroxyl groups is 1. The summed E-state index contributed by atoms with van der Waals surface area (Å²) in [6.07, 6.45) is 1.52. The van der Waals surface area contributed by atoms with Crippen LogP contribution in [0.15, 0.2) is 0 Å². The lowest BCUT2D eigenvalue weighted by molar-refractivity contribution is -0.133. The Kier molecular flexibility index (Phi) is 5.60. The molecule has 4 heteroatoms. The Morgan fingerprint density at radius 3 is 2.33 bits per heavy atom. The fourth-order valence-electron chi connectivity index (χ4n) is 2.44. The van der Waals surface area contributed by atoms with Crippen LogP contribution in [0.5, 0.6) is 0 Å². The van der Waals surface area contributed by atoms with Crippen molar-refractivity contribution < 1.29 is 9.90 Å². The van der Waals surface area contributed by atoms with Crippen molar-refractivity contribution in [3.8, 4) is 0 Å². The van der Waals surface area contributed by atoms with Gasteiger partial charge >= 0.3 is 0 Å². The Morgan fingerprint density at radius 1 is 1.33 bits per heavy atom. The SMILES string of the molecule is CCN(CC)C(=O)CCCN1CC(O)(C(C)C)C1. The van der Waals surface area contributed by atoms with Crippen molar-refractivity contribution in [3.63, 3.8) is 0 Å². The lowest BCUT2D eigenvalue weighted by Gasteiger charge is -2.49. The molecule has 1 heterocycles. The van der Waals surface area contributed by atoms with E-state index < -0.39 is 5.60 Å². The molecule has 0 unspecified atom stereocenters. The Labute approximate surface area is 111 Å². The van der Waals surface area contributed by atoms with Crippen LogP contribution < -0.4 is 0 Å². The van der Waals surface area contributed by atoms with Gasteiger partial charge in [-0.05, 0) is 32.7 Å². The molecule has 1 aliphatic heterocycles. The molecule has 0 aliphatic carbocycles. The fraction of sp³-hybridized carbons (Fsp3) is 0.929. The average Bonchev–Trinajstić information content (AvgIpc) is 2.27. The first-order valence-corrected chi connectivity index (χ1v) is 7.15. The molecule has 0 aromatic rings. The maximum absolute atomic E-state index is 11.8. The van der Waals surface area contributed by atoms with E-state index in [1.807, 2.05) is 18.7 Å². The van der Waals surface area contributed by atoms with Crippen LogP contribution in [0.3, 0.4) is 0 Å². The molecule has 1 aliphatic rings. The van der Waals surface area contributed by atoms with Crippen LogP contribution in [0.25, 0.3) is 0 Å². The molecule has 0 atom stereocenters. The fourth-order valence-corrected chi connectivity index (χ4v) is 2.44. The van der Waals surface area contributed by atoms with Gasteiger partial charge in [0.15, 0.2) is 0 Å². The third-order valence-corrected chi connectivity index (χ3v) is 4.05. The predicted octanol–water partition coefficient (Wildman–Crippen LogP) is 1.34. The van der Waals surface area contributed by atoms with Crippen LogP contribution in [0.4, 0.5) is 0 Å². The highest BCUT2D eigenvalue weighted by atomic mass is 16.3. The normalized spacial score (nSPS) is 18.8. The van der Waals surface area contributed by atoms with Crippen LogP contribution in [-0.2, 0) is 4.79 Å². The van der Waals surface area contributed by atoms with Crippen LogP contribution in [-0.4, -0.2) is 59.1 Å². The topological polar surface area (TPSA) is 43.8 Å². The highest BCUT2D eigenvalue weighted by molar-refractivity contribution is 5.76. The molecule has 1 fully saturated rings. The van der Waals surface area contributed by atoms with E-state index in [-0.39, 0.29) is 5.91 Å². The van der Waals surface area contributed by atoms with Crippen molar-refractivity contribution in [1.82, 2.24) is 9.80 Å². The van der Waals surface area contributed by atoms with E-state index in [0.29, 0.717) is 12.3 Å². The first kappa shape index (κ1) is 15.4. The average molecular weight is 256 g/mol. The standard InChI is InChI=1S/C14H28N2O2/c1-5-16(6-2)13(17)8-7-9-15-10-14(18,11-15)12(3)4/h12,18H,5-11H2,1-4H3. The van der Waals surface area contributed by atoms with Gasteiger partial charge in [-0.1, -0.05) is 13.8 Å². The summed E-state index contributed by atoms with van der Waals surface area (Å²) in [5.41, 5.74) is -0.497. The van der Waals surface area contributed by atoms with Crippen molar-refractivity contribution in [2.45, 2.75) is 46.1 Å². The van der Waals surface area contributed by atoms with Gasteiger partial charge in [0.05, 0.1) is 5.60 Å². The summed E-state index contributed by atoms with van der Waals surface area (Å²) in [6.45, 7) is 12.2. The number of hydrogen-bond acceptors (Lipinski definition) is 3. The lowest BCUT2D eigenvalue weighted by atomic mass is 9.83. The molecule has 1 saturated heterocycles.